The van der Waals surface area contributed by atoms with E-state index in [4.69, 9.17) is 0 Å². The van der Waals surface area contributed by atoms with Crippen molar-refractivity contribution in [1.29, 1.82) is 0 Å². The first kappa shape index (κ1) is 13.2. The molecule has 0 radical (unpaired) electrons. The molecule has 0 amide bonds. The van der Waals surface area contributed by atoms with Crippen molar-refractivity contribution in [1.82, 2.24) is 9.78 Å². The number of rotatable bonds is 3. The van der Waals surface area contributed by atoms with Crippen LogP contribution in [0.25, 0.3) is 5.69 Å². The van der Waals surface area contributed by atoms with E-state index in [1.165, 1.54) is 6.07 Å². The van der Waals surface area contributed by atoms with E-state index in [1.807, 2.05) is 30.3 Å². The zero-order chi connectivity index (χ0) is 14.8. The van der Waals surface area contributed by atoms with Crippen LogP contribution in [0.3, 0.4) is 0 Å². The highest BCUT2D eigenvalue weighted by Crippen LogP contribution is 2.14. The second-order valence-electron chi connectivity index (χ2n) is 4.77. The summed E-state index contributed by atoms with van der Waals surface area (Å²) in [4.78, 5) is 12.3. The molecule has 1 heterocycles. The van der Waals surface area contributed by atoms with Gasteiger partial charge in [0.1, 0.15) is 11.5 Å². The molecule has 0 aliphatic carbocycles. The van der Waals surface area contributed by atoms with E-state index in [-0.39, 0.29) is 11.6 Å². The molecule has 0 aliphatic heterocycles. The lowest BCUT2D eigenvalue weighted by molar-refractivity contribution is 0.103. The minimum Gasteiger partial charge on any atom is -0.287 e. The predicted octanol–water partition coefficient (Wildman–Crippen LogP) is 3.55. The Morgan fingerprint density at radius 3 is 2.57 bits per heavy atom. The molecule has 3 nitrogen and oxygen atoms in total. The summed E-state index contributed by atoms with van der Waals surface area (Å²) in [6.07, 6.45) is 1.72. The third-order valence-corrected chi connectivity index (χ3v) is 3.28. The van der Waals surface area contributed by atoms with Gasteiger partial charge in [0.05, 0.1) is 5.69 Å². The van der Waals surface area contributed by atoms with Crippen LogP contribution < -0.4 is 0 Å². The number of hydrogen-bond acceptors (Lipinski definition) is 2. The summed E-state index contributed by atoms with van der Waals surface area (Å²) in [5.41, 5.74) is 1.98. The van der Waals surface area contributed by atoms with Crippen LogP contribution in [0, 0.1) is 12.7 Å². The molecule has 4 heteroatoms. The number of hydrogen-bond donors (Lipinski definition) is 0. The van der Waals surface area contributed by atoms with Gasteiger partial charge in [-0.3, -0.25) is 4.79 Å². The predicted molar refractivity (Wildman–Crippen MR) is 78.1 cm³/mol. The molecule has 1 aromatic heterocycles. The summed E-state index contributed by atoms with van der Waals surface area (Å²) < 4.78 is 15.2. The average molecular weight is 280 g/mol. The molecule has 21 heavy (non-hydrogen) atoms. The standard InChI is InChI=1S/C17H13FN2O/c1-12-7-8-13(11-15(12)18)17(21)16-9-10-20(19-16)14-5-3-2-4-6-14/h2-11H,1H3. The molecular weight excluding hydrogens is 267 g/mol. The van der Waals surface area contributed by atoms with Crippen LogP contribution in [-0.4, -0.2) is 15.6 Å². The Morgan fingerprint density at radius 2 is 1.86 bits per heavy atom. The number of ketones is 1. The second kappa shape index (κ2) is 5.32. The molecule has 0 spiro atoms. The molecule has 0 atom stereocenters. The molecule has 2 aromatic carbocycles. The van der Waals surface area contributed by atoms with Crippen molar-refractivity contribution < 1.29 is 9.18 Å². The van der Waals surface area contributed by atoms with Crippen molar-refractivity contribution in [3.8, 4) is 5.69 Å². The molecule has 0 aliphatic rings. The number of nitrogens with zero attached hydrogens (tertiary/aromatic N) is 2. The van der Waals surface area contributed by atoms with Crippen LogP contribution in [0.1, 0.15) is 21.6 Å². The van der Waals surface area contributed by atoms with E-state index in [0.29, 0.717) is 16.8 Å². The molecule has 104 valence electrons. The summed E-state index contributed by atoms with van der Waals surface area (Å²) in [6.45, 7) is 1.66. The highest BCUT2D eigenvalue weighted by molar-refractivity contribution is 6.07. The zero-order valence-electron chi connectivity index (χ0n) is 11.5. The number of aromatic nitrogens is 2. The topological polar surface area (TPSA) is 34.9 Å². The first-order valence-electron chi connectivity index (χ1n) is 6.57. The van der Waals surface area contributed by atoms with E-state index in [2.05, 4.69) is 5.10 Å². The fourth-order valence-electron chi connectivity index (χ4n) is 2.05. The number of carbonyl (C=O) groups is 1. The van der Waals surface area contributed by atoms with Gasteiger partial charge in [-0.05, 0) is 36.8 Å². The minimum absolute atomic E-state index is 0.288. The van der Waals surface area contributed by atoms with Crippen LogP contribution in [0.15, 0.2) is 60.8 Å². The lowest BCUT2D eigenvalue weighted by atomic mass is 10.1. The average Bonchev–Trinajstić information content (AvgIpc) is 3.00. The monoisotopic (exact) mass is 280 g/mol. The molecule has 0 fully saturated rings. The molecular formula is C17H13FN2O. The summed E-state index contributed by atoms with van der Waals surface area (Å²) in [5, 5.41) is 4.25. The summed E-state index contributed by atoms with van der Waals surface area (Å²) in [6, 6.07) is 15.6. The Labute approximate surface area is 121 Å². The SMILES string of the molecule is Cc1ccc(C(=O)c2ccn(-c3ccccc3)n2)cc1F. The molecule has 0 unspecified atom stereocenters. The van der Waals surface area contributed by atoms with Gasteiger partial charge in [0, 0.05) is 11.8 Å². The number of aryl methyl sites for hydroxylation is 1. The number of para-hydroxylation sites is 1. The Bertz CT molecular complexity index is 794. The van der Waals surface area contributed by atoms with Crippen molar-refractivity contribution >= 4 is 5.78 Å². The molecule has 3 aromatic rings. The maximum atomic E-state index is 13.5. The highest BCUT2D eigenvalue weighted by atomic mass is 19.1. The van der Waals surface area contributed by atoms with Gasteiger partial charge in [-0.25, -0.2) is 9.07 Å². The van der Waals surface area contributed by atoms with Crippen molar-refractivity contribution in [2.24, 2.45) is 0 Å². The van der Waals surface area contributed by atoms with Crippen molar-refractivity contribution in [2.45, 2.75) is 6.92 Å². The van der Waals surface area contributed by atoms with Crippen molar-refractivity contribution in [2.75, 3.05) is 0 Å². The third-order valence-electron chi connectivity index (χ3n) is 3.28. The van der Waals surface area contributed by atoms with Gasteiger partial charge < -0.3 is 0 Å². The molecule has 3 rings (SSSR count). The zero-order valence-corrected chi connectivity index (χ0v) is 11.5. The van der Waals surface area contributed by atoms with Crippen LogP contribution in [0.4, 0.5) is 4.39 Å². The maximum absolute atomic E-state index is 13.5. The molecule has 0 N–H and O–H groups in total. The minimum atomic E-state index is -0.386. The van der Waals surface area contributed by atoms with Gasteiger partial charge in [-0.1, -0.05) is 30.3 Å². The normalized spacial score (nSPS) is 10.6. The van der Waals surface area contributed by atoms with E-state index in [9.17, 15) is 9.18 Å². The summed E-state index contributed by atoms with van der Waals surface area (Å²) in [7, 11) is 0. The number of halogens is 1. The summed E-state index contributed by atoms with van der Waals surface area (Å²) in [5.74, 6) is -0.674. The fraction of sp³-hybridized carbons (Fsp3) is 0.0588. The van der Waals surface area contributed by atoms with E-state index in [0.717, 1.165) is 5.69 Å². The number of carbonyl (C=O) groups excluding carboxylic acids is 1. The fourth-order valence-corrected chi connectivity index (χ4v) is 2.05. The first-order valence-corrected chi connectivity index (χ1v) is 6.57. The molecule has 0 saturated heterocycles. The maximum Gasteiger partial charge on any atom is 0.213 e. The lowest BCUT2D eigenvalue weighted by Gasteiger charge is -2.01. The van der Waals surface area contributed by atoms with Crippen molar-refractivity contribution in [3.63, 3.8) is 0 Å². The third kappa shape index (κ3) is 2.60. The smallest absolute Gasteiger partial charge is 0.213 e. The van der Waals surface area contributed by atoms with Crippen molar-refractivity contribution in [3.05, 3.63) is 83.4 Å². The Morgan fingerprint density at radius 1 is 1.10 bits per heavy atom. The van der Waals surface area contributed by atoms with E-state index < -0.39 is 0 Å². The lowest BCUT2D eigenvalue weighted by Crippen LogP contribution is -2.05. The van der Waals surface area contributed by atoms with Gasteiger partial charge >= 0.3 is 0 Å². The highest BCUT2D eigenvalue weighted by Gasteiger charge is 2.14. The first-order chi connectivity index (χ1) is 10.1. The van der Waals surface area contributed by atoms with Crippen LogP contribution >= 0.6 is 0 Å². The van der Waals surface area contributed by atoms with Crippen LogP contribution in [0.5, 0.6) is 0 Å². The second-order valence-corrected chi connectivity index (χ2v) is 4.77. The van der Waals surface area contributed by atoms with E-state index >= 15 is 0 Å². The quantitative estimate of drug-likeness (QED) is 0.688. The Balaban J connectivity index is 1.92. The Hall–Kier alpha value is -2.75. The Kier molecular flexibility index (Phi) is 3.36. The van der Waals surface area contributed by atoms with Crippen LogP contribution in [-0.2, 0) is 0 Å². The summed E-state index contributed by atoms with van der Waals surface area (Å²) >= 11 is 0. The van der Waals surface area contributed by atoms with Gasteiger partial charge in [0.15, 0.2) is 0 Å². The molecule has 0 bridgehead atoms. The molecule has 0 saturated carbocycles. The van der Waals surface area contributed by atoms with Gasteiger partial charge in [-0.2, -0.15) is 5.10 Å². The van der Waals surface area contributed by atoms with Gasteiger partial charge in [-0.15, -0.1) is 0 Å². The van der Waals surface area contributed by atoms with Gasteiger partial charge in [0.25, 0.3) is 0 Å². The largest absolute Gasteiger partial charge is 0.287 e. The van der Waals surface area contributed by atoms with Crippen LogP contribution in [0.2, 0.25) is 0 Å². The number of benzene rings is 2. The van der Waals surface area contributed by atoms with E-state index in [1.54, 1.807) is 36.0 Å². The van der Waals surface area contributed by atoms with Gasteiger partial charge in [0.2, 0.25) is 5.78 Å².